The van der Waals surface area contributed by atoms with Crippen LogP contribution in [0, 0.1) is 12.8 Å². The molecule has 0 N–H and O–H groups in total. The van der Waals surface area contributed by atoms with Gasteiger partial charge in [0.1, 0.15) is 5.52 Å². The van der Waals surface area contributed by atoms with E-state index in [0.717, 1.165) is 24.1 Å². The van der Waals surface area contributed by atoms with Crippen molar-refractivity contribution >= 4 is 11.5 Å². The topological polar surface area (TPSA) is 52.8 Å². The number of rotatable bonds is 7. The number of ether oxygens (including phenoxy) is 2. The monoisotopic (exact) mass is 366 g/mol. The second-order valence-corrected chi connectivity index (χ2v) is 7.18. The smallest absolute Gasteiger partial charge is 0.343 e. The van der Waals surface area contributed by atoms with Crippen LogP contribution in [-0.4, -0.2) is 29.1 Å². The van der Waals surface area contributed by atoms with Crippen LogP contribution in [-0.2, 0) is 22.4 Å². The molecule has 1 aromatic carbocycles. The number of nitrogens with zero attached hydrogens (tertiary/aromatic N) is 2. The number of aromatic nitrogens is 2. The summed E-state index contributed by atoms with van der Waals surface area (Å²) in [6.07, 6.45) is 3.83. The van der Waals surface area contributed by atoms with Gasteiger partial charge in [0.15, 0.2) is 6.61 Å². The molecule has 0 saturated heterocycles. The zero-order valence-corrected chi connectivity index (χ0v) is 16.4. The Morgan fingerprint density at radius 2 is 1.96 bits per heavy atom. The van der Waals surface area contributed by atoms with Crippen molar-refractivity contribution in [2.75, 3.05) is 13.7 Å². The quantitative estimate of drug-likeness (QED) is 0.594. The molecular weight excluding hydrogens is 340 g/mol. The van der Waals surface area contributed by atoms with Crippen LogP contribution < -0.4 is 4.74 Å². The SMILES string of the molecule is COC(=O)COc1nc(C)cn2c(Cc3ccccc3)c(CC(C)C)cc12. The van der Waals surface area contributed by atoms with Crippen LogP contribution in [0.15, 0.2) is 42.6 Å². The normalized spacial score (nSPS) is 11.1. The van der Waals surface area contributed by atoms with Crippen LogP contribution in [0.5, 0.6) is 5.88 Å². The molecule has 0 aliphatic rings. The van der Waals surface area contributed by atoms with Gasteiger partial charge in [-0.15, -0.1) is 0 Å². The van der Waals surface area contributed by atoms with E-state index in [4.69, 9.17) is 4.74 Å². The first-order valence-corrected chi connectivity index (χ1v) is 9.22. The van der Waals surface area contributed by atoms with Crippen molar-refractivity contribution in [1.29, 1.82) is 0 Å². The van der Waals surface area contributed by atoms with E-state index in [1.807, 2.05) is 19.2 Å². The summed E-state index contributed by atoms with van der Waals surface area (Å²) in [5, 5.41) is 0. The first-order valence-electron chi connectivity index (χ1n) is 9.22. The van der Waals surface area contributed by atoms with Gasteiger partial charge in [0.2, 0.25) is 5.88 Å². The van der Waals surface area contributed by atoms with Crippen LogP contribution in [0.25, 0.3) is 5.52 Å². The highest BCUT2D eigenvalue weighted by Crippen LogP contribution is 2.28. The second kappa shape index (κ2) is 8.25. The number of hydrogen-bond donors (Lipinski definition) is 0. The first-order chi connectivity index (χ1) is 13.0. The molecule has 2 heterocycles. The summed E-state index contributed by atoms with van der Waals surface area (Å²) in [5.74, 6) is 0.574. The molecule has 0 bridgehead atoms. The second-order valence-electron chi connectivity index (χ2n) is 7.18. The Bertz CT molecular complexity index is 930. The van der Waals surface area contributed by atoms with Crippen LogP contribution in [0.2, 0.25) is 0 Å². The summed E-state index contributed by atoms with van der Waals surface area (Å²) in [5.41, 5.74) is 5.49. The van der Waals surface area contributed by atoms with Gasteiger partial charge < -0.3 is 13.9 Å². The first kappa shape index (κ1) is 19.0. The van der Waals surface area contributed by atoms with Crippen LogP contribution in [0.1, 0.15) is 36.4 Å². The maximum Gasteiger partial charge on any atom is 0.343 e. The summed E-state index contributed by atoms with van der Waals surface area (Å²) >= 11 is 0. The molecule has 5 heteroatoms. The van der Waals surface area contributed by atoms with E-state index in [0.29, 0.717) is 11.8 Å². The predicted octanol–water partition coefficient (Wildman–Crippen LogP) is 3.98. The lowest BCUT2D eigenvalue weighted by Crippen LogP contribution is -2.14. The van der Waals surface area contributed by atoms with Gasteiger partial charge in [0.25, 0.3) is 0 Å². The molecule has 0 atom stereocenters. The van der Waals surface area contributed by atoms with Gasteiger partial charge in [0.05, 0.1) is 12.8 Å². The maximum absolute atomic E-state index is 11.5. The molecule has 3 aromatic rings. The zero-order valence-electron chi connectivity index (χ0n) is 16.4. The van der Waals surface area contributed by atoms with Crippen molar-refractivity contribution in [3.63, 3.8) is 0 Å². The van der Waals surface area contributed by atoms with Crippen LogP contribution >= 0.6 is 0 Å². The van der Waals surface area contributed by atoms with Crippen molar-refractivity contribution < 1.29 is 14.3 Å². The number of aryl methyl sites for hydroxylation is 1. The highest BCUT2D eigenvalue weighted by molar-refractivity contribution is 5.71. The van der Waals surface area contributed by atoms with E-state index < -0.39 is 5.97 Å². The molecule has 0 amide bonds. The minimum Gasteiger partial charge on any atom is -0.466 e. The fraction of sp³-hybridized carbons (Fsp3) is 0.364. The number of carbonyl (C=O) groups excluding carboxylic acids is 1. The number of fused-ring (bicyclic) bond motifs is 1. The summed E-state index contributed by atoms with van der Waals surface area (Å²) < 4.78 is 12.5. The number of carbonyl (C=O) groups is 1. The third-order valence-corrected chi connectivity index (χ3v) is 4.44. The Morgan fingerprint density at radius 1 is 1.22 bits per heavy atom. The standard InChI is InChI=1S/C22H26N2O3/c1-15(2)10-18-12-20-22(27-14-21(25)26-4)23-16(3)13-24(20)19(18)11-17-8-6-5-7-9-17/h5-9,12-13,15H,10-11,14H2,1-4H3. The van der Waals surface area contributed by atoms with E-state index in [2.05, 4.69) is 58.3 Å². The Hall–Kier alpha value is -2.82. The van der Waals surface area contributed by atoms with Crippen molar-refractivity contribution in [3.8, 4) is 5.88 Å². The molecule has 3 rings (SSSR count). The highest BCUT2D eigenvalue weighted by atomic mass is 16.6. The lowest BCUT2D eigenvalue weighted by atomic mass is 10.00. The van der Waals surface area contributed by atoms with Crippen molar-refractivity contribution in [2.45, 2.75) is 33.6 Å². The van der Waals surface area contributed by atoms with Gasteiger partial charge in [-0.2, -0.15) is 0 Å². The molecule has 27 heavy (non-hydrogen) atoms. The third kappa shape index (κ3) is 4.48. The molecule has 142 valence electrons. The van der Waals surface area contributed by atoms with E-state index in [1.165, 1.54) is 23.9 Å². The van der Waals surface area contributed by atoms with Gasteiger partial charge >= 0.3 is 5.97 Å². The molecule has 5 nitrogen and oxygen atoms in total. The van der Waals surface area contributed by atoms with Gasteiger partial charge in [-0.1, -0.05) is 44.2 Å². The molecule has 0 fully saturated rings. The molecule has 0 aliphatic carbocycles. The van der Waals surface area contributed by atoms with Crippen LogP contribution in [0.3, 0.4) is 0 Å². The summed E-state index contributed by atoms with van der Waals surface area (Å²) in [6.45, 7) is 6.21. The molecule has 0 radical (unpaired) electrons. The van der Waals surface area contributed by atoms with E-state index >= 15 is 0 Å². The number of methoxy groups -OCH3 is 1. The highest BCUT2D eigenvalue weighted by Gasteiger charge is 2.17. The maximum atomic E-state index is 11.5. The van der Waals surface area contributed by atoms with Crippen molar-refractivity contribution in [2.24, 2.45) is 5.92 Å². The molecule has 0 unspecified atom stereocenters. The van der Waals surface area contributed by atoms with Crippen molar-refractivity contribution in [3.05, 3.63) is 65.1 Å². The fourth-order valence-electron chi connectivity index (χ4n) is 3.26. The predicted molar refractivity (Wildman–Crippen MR) is 105 cm³/mol. The lowest BCUT2D eigenvalue weighted by molar-refractivity contribution is -0.142. The number of hydrogen-bond acceptors (Lipinski definition) is 4. The van der Waals surface area contributed by atoms with E-state index in [-0.39, 0.29) is 6.61 Å². The van der Waals surface area contributed by atoms with Crippen molar-refractivity contribution in [1.82, 2.24) is 9.38 Å². The number of esters is 1. The largest absolute Gasteiger partial charge is 0.466 e. The van der Waals surface area contributed by atoms with Gasteiger partial charge in [-0.05, 0) is 36.5 Å². The Balaban J connectivity index is 2.08. The lowest BCUT2D eigenvalue weighted by Gasteiger charge is -2.11. The van der Waals surface area contributed by atoms with Gasteiger partial charge in [0, 0.05) is 18.3 Å². The minimum atomic E-state index is -0.421. The molecule has 2 aromatic heterocycles. The van der Waals surface area contributed by atoms with Gasteiger partial charge in [-0.25, -0.2) is 9.78 Å². The third-order valence-electron chi connectivity index (χ3n) is 4.44. The average molecular weight is 366 g/mol. The Morgan fingerprint density at radius 3 is 2.63 bits per heavy atom. The summed E-state index contributed by atoms with van der Waals surface area (Å²) in [4.78, 5) is 16.0. The molecule has 0 spiro atoms. The van der Waals surface area contributed by atoms with Crippen LogP contribution in [0.4, 0.5) is 0 Å². The number of benzene rings is 1. The average Bonchev–Trinajstić information content (AvgIpc) is 2.97. The van der Waals surface area contributed by atoms with E-state index in [9.17, 15) is 4.79 Å². The summed E-state index contributed by atoms with van der Waals surface area (Å²) in [6, 6.07) is 12.6. The zero-order chi connectivity index (χ0) is 19.4. The molecular formula is C22H26N2O3. The molecule has 0 saturated carbocycles. The van der Waals surface area contributed by atoms with Gasteiger partial charge in [-0.3, -0.25) is 0 Å². The summed E-state index contributed by atoms with van der Waals surface area (Å²) in [7, 11) is 1.35. The Kier molecular flexibility index (Phi) is 5.79. The fourth-order valence-corrected chi connectivity index (χ4v) is 3.26. The Labute approximate surface area is 159 Å². The minimum absolute atomic E-state index is 0.151. The van der Waals surface area contributed by atoms with E-state index in [1.54, 1.807) is 0 Å². The molecule has 0 aliphatic heterocycles.